The van der Waals surface area contributed by atoms with E-state index in [4.69, 9.17) is 0 Å². The lowest BCUT2D eigenvalue weighted by atomic mass is 10.2. The molecule has 5 heteroatoms. The molecule has 1 saturated carbocycles. The average Bonchev–Trinajstić information content (AvgIpc) is 3.06. The Morgan fingerprint density at radius 2 is 2.33 bits per heavy atom. The molecule has 18 heavy (non-hydrogen) atoms. The fourth-order valence-electron chi connectivity index (χ4n) is 1.77. The molecule has 4 nitrogen and oxygen atoms in total. The van der Waals surface area contributed by atoms with E-state index in [-0.39, 0.29) is 0 Å². The fourth-order valence-corrected chi connectivity index (χ4v) is 2.52. The Bertz CT molecular complexity index is 520. The Morgan fingerprint density at radius 3 is 3.00 bits per heavy atom. The largest absolute Gasteiger partial charge is 0.339 e. The molecule has 3 rings (SSSR count). The Kier molecular flexibility index (Phi) is 3.34. The number of rotatable bonds is 5. The standard InChI is InChI=1S/C13H16N4S/c1-9-6-10(7-16-11-2-3-11)8-17-12(9)18-13-14-4-5-15-13/h4-6,8,11,16H,2-3,7H2,1H3,(H,14,15). The Labute approximate surface area is 111 Å². The van der Waals surface area contributed by atoms with Crippen molar-refractivity contribution in [1.29, 1.82) is 0 Å². The first-order chi connectivity index (χ1) is 8.81. The molecule has 2 N–H and O–H groups in total. The number of aromatic amines is 1. The second-order valence-corrected chi connectivity index (χ2v) is 5.59. The Balaban J connectivity index is 1.67. The quantitative estimate of drug-likeness (QED) is 0.867. The highest BCUT2D eigenvalue weighted by molar-refractivity contribution is 7.99. The van der Waals surface area contributed by atoms with Crippen molar-refractivity contribution in [2.45, 2.75) is 42.5 Å². The molecule has 0 spiro atoms. The minimum Gasteiger partial charge on any atom is -0.339 e. The smallest absolute Gasteiger partial charge is 0.171 e. The highest BCUT2D eigenvalue weighted by Gasteiger charge is 2.20. The third-order valence-electron chi connectivity index (χ3n) is 2.93. The topological polar surface area (TPSA) is 53.6 Å². The van der Waals surface area contributed by atoms with Gasteiger partial charge in [0.05, 0.1) is 0 Å². The van der Waals surface area contributed by atoms with Gasteiger partial charge in [0.15, 0.2) is 5.16 Å². The molecule has 94 valence electrons. The van der Waals surface area contributed by atoms with Gasteiger partial charge in [-0.2, -0.15) is 0 Å². The lowest BCUT2D eigenvalue weighted by molar-refractivity contribution is 0.684. The van der Waals surface area contributed by atoms with E-state index in [0.717, 1.165) is 22.8 Å². The number of nitrogens with zero attached hydrogens (tertiary/aromatic N) is 2. The lowest BCUT2D eigenvalue weighted by Crippen LogP contribution is -2.15. The number of H-pyrrole nitrogens is 1. The summed E-state index contributed by atoms with van der Waals surface area (Å²) in [4.78, 5) is 11.8. The normalized spacial score (nSPS) is 14.9. The van der Waals surface area contributed by atoms with Crippen LogP contribution in [-0.4, -0.2) is 21.0 Å². The fraction of sp³-hybridized carbons (Fsp3) is 0.385. The van der Waals surface area contributed by atoms with Crippen LogP contribution in [0, 0.1) is 6.92 Å². The van der Waals surface area contributed by atoms with Crippen molar-refractivity contribution < 1.29 is 0 Å². The molecule has 0 aromatic carbocycles. The van der Waals surface area contributed by atoms with Crippen LogP contribution in [0.2, 0.25) is 0 Å². The average molecular weight is 260 g/mol. The van der Waals surface area contributed by atoms with Gasteiger partial charge in [0.25, 0.3) is 0 Å². The molecule has 0 radical (unpaired) electrons. The molecule has 0 unspecified atom stereocenters. The van der Waals surface area contributed by atoms with Gasteiger partial charge in [-0.15, -0.1) is 0 Å². The lowest BCUT2D eigenvalue weighted by Gasteiger charge is -2.07. The van der Waals surface area contributed by atoms with Crippen molar-refractivity contribution in [3.05, 3.63) is 35.8 Å². The molecule has 0 saturated heterocycles. The van der Waals surface area contributed by atoms with Gasteiger partial charge < -0.3 is 10.3 Å². The zero-order valence-electron chi connectivity index (χ0n) is 10.3. The maximum Gasteiger partial charge on any atom is 0.171 e. The van der Waals surface area contributed by atoms with Gasteiger partial charge >= 0.3 is 0 Å². The van der Waals surface area contributed by atoms with E-state index in [2.05, 4.69) is 33.3 Å². The van der Waals surface area contributed by atoms with Gasteiger partial charge in [0, 0.05) is 31.2 Å². The summed E-state index contributed by atoms with van der Waals surface area (Å²) in [6, 6.07) is 2.94. The van der Waals surface area contributed by atoms with Crippen LogP contribution in [0.25, 0.3) is 0 Å². The minimum atomic E-state index is 0.738. The van der Waals surface area contributed by atoms with Crippen molar-refractivity contribution in [3.63, 3.8) is 0 Å². The van der Waals surface area contributed by atoms with Gasteiger partial charge in [0.1, 0.15) is 5.03 Å². The van der Waals surface area contributed by atoms with E-state index >= 15 is 0 Å². The highest BCUT2D eigenvalue weighted by Crippen LogP contribution is 2.26. The zero-order chi connectivity index (χ0) is 12.4. The number of aryl methyl sites for hydroxylation is 1. The second kappa shape index (κ2) is 5.12. The summed E-state index contributed by atoms with van der Waals surface area (Å²) in [5, 5.41) is 5.40. The maximum atomic E-state index is 4.51. The first-order valence-electron chi connectivity index (χ1n) is 6.17. The van der Waals surface area contributed by atoms with Crippen LogP contribution in [0.5, 0.6) is 0 Å². The summed E-state index contributed by atoms with van der Waals surface area (Å²) >= 11 is 1.57. The van der Waals surface area contributed by atoms with Crippen molar-refractivity contribution >= 4 is 11.8 Å². The molecule has 1 aliphatic carbocycles. The van der Waals surface area contributed by atoms with Gasteiger partial charge in [-0.1, -0.05) is 6.07 Å². The minimum absolute atomic E-state index is 0.738. The summed E-state index contributed by atoms with van der Waals surface area (Å²) in [5.41, 5.74) is 2.45. The van der Waals surface area contributed by atoms with Crippen LogP contribution in [-0.2, 0) is 6.54 Å². The molecule has 0 amide bonds. The monoisotopic (exact) mass is 260 g/mol. The summed E-state index contributed by atoms with van der Waals surface area (Å²) in [5.74, 6) is 0. The van der Waals surface area contributed by atoms with E-state index in [1.165, 1.54) is 24.0 Å². The second-order valence-electron chi connectivity index (χ2n) is 4.62. The highest BCUT2D eigenvalue weighted by atomic mass is 32.2. The van der Waals surface area contributed by atoms with Crippen molar-refractivity contribution in [1.82, 2.24) is 20.3 Å². The summed E-state index contributed by atoms with van der Waals surface area (Å²) < 4.78 is 0. The third-order valence-corrected chi connectivity index (χ3v) is 3.96. The van der Waals surface area contributed by atoms with Gasteiger partial charge in [-0.05, 0) is 42.7 Å². The predicted molar refractivity (Wildman–Crippen MR) is 71.5 cm³/mol. The van der Waals surface area contributed by atoms with Crippen LogP contribution in [0.15, 0.2) is 34.8 Å². The van der Waals surface area contributed by atoms with Crippen LogP contribution < -0.4 is 5.32 Å². The summed E-state index contributed by atoms with van der Waals surface area (Å²) in [6.45, 7) is 3.02. The molecule has 2 aromatic heterocycles. The predicted octanol–water partition coefficient (Wildman–Crippen LogP) is 2.52. The van der Waals surface area contributed by atoms with Gasteiger partial charge in [0.2, 0.25) is 0 Å². The first kappa shape index (κ1) is 11.7. The van der Waals surface area contributed by atoms with Crippen LogP contribution in [0.4, 0.5) is 0 Å². The first-order valence-corrected chi connectivity index (χ1v) is 6.99. The van der Waals surface area contributed by atoms with Crippen LogP contribution in [0.1, 0.15) is 24.0 Å². The van der Waals surface area contributed by atoms with Gasteiger partial charge in [-0.25, -0.2) is 9.97 Å². The van der Waals surface area contributed by atoms with E-state index in [1.807, 2.05) is 12.4 Å². The van der Waals surface area contributed by atoms with Gasteiger partial charge in [-0.3, -0.25) is 0 Å². The zero-order valence-corrected chi connectivity index (χ0v) is 11.1. The third kappa shape index (κ3) is 2.91. The molecule has 2 aromatic rings. The Hall–Kier alpha value is -1.33. The maximum absolute atomic E-state index is 4.51. The SMILES string of the molecule is Cc1cc(CNC2CC2)cnc1Sc1ncc[nH]1. The number of pyridine rings is 1. The van der Waals surface area contributed by atoms with E-state index in [9.17, 15) is 0 Å². The molecular formula is C13H16N4S. The Morgan fingerprint density at radius 1 is 1.44 bits per heavy atom. The summed E-state index contributed by atoms with van der Waals surface area (Å²) in [6.07, 6.45) is 8.17. The molecule has 0 bridgehead atoms. The number of nitrogens with one attached hydrogen (secondary N) is 2. The number of hydrogen-bond acceptors (Lipinski definition) is 4. The van der Waals surface area contributed by atoms with Crippen LogP contribution in [0.3, 0.4) is 0 Å². The van der Waals surface area contributed by atoms with Crippen molar-refractivity contribution in [3.8, 4) is 0 Å². The van der Waals surface area contributed by atoms with E-state index in [1.54, 1.807) is 18.0 Å². The van der Waals surface area contributed by atoms with Crippen molar-refractivity contribution in [2.75, 3.05) is 0 Å². The number of imidazole rings is 1. The van der Waals surface area contributed by atoms with Crippen LogP contribution >= 0.6 is 11.8 Å². The number of hydrogen-bond donors (Lipinski definition) is 2. The van der Waals surface area contributed by atoms with Crippen molar-refractivity contribution in [2.24, 2.45) is 0 Å². The molecule has 0 atom stereocenters. The molecule has 2 heterocycles. The molecule has 1 fully saturated rings. The molecule has 1 aliphatic rings. The van der Waals surface area contributed by atoms with E-state index < -0.39 is 0 Å². The van der Waals surface area contributed by atoms with E-state index in [0.29, 0.717) is 0 Å². The molecular weight excluding hydrogens is 244 g/mol. The molecule has 0 aliphatic heterocycles. The number of aromatic nitrogens is 3. The summed E-state index contributed by atoms with van der Waals surface area (Å²) in [7, 11) is 0.